The van der Waals surface area contributed by atoms with E-state index in [0.717, 1.165) is 0 Å². The Labute approximate surface area is 103 Å². The van der Waals surface area contributed by atoms with Crippen molar-refractivity contribution in [3.05, 3.63) is 35.5 Å². The van der Waals surface area contributed by atoms with Gasteiger partial charge in [0.2, 0.25) is 0 Å². The molecule has 86 valence electrons. The minimum atomic E-state index is -0.00495. The van der Waals surface area contributed by atoms with Gasteiger partial charge in [0, 0.05) is 11.8 Å². The van der Waals surface area contributed by atoms with Gasteiger partial charge < -0.3 is 11.5 Å². The van der Waals surface area contributed by atoms with E-state index in [9.17, 15) is 0 Å². The predicted octanol–water partition coefficient (Wildman–Crippen LogP) is 1.05. The first kappa shape index (κ1) is 11.4. The van der Waals surface area contributed by atoms with Crippen molar-refractivity contribution in [3.63, 3.8) is 0 Å². The van der Waals surface area contributed by atoms with Gasteiger partial charge in [-0.1, -0.05) is 6.07 Å². The molecule has 2 aromatic heterocycles. The Morgan fingerprint density at radius 3 is 2.06 bits per heavy atom. The summed E-state index contributed by atoms with van der Waals surface area (Å²) in [6, 6.07) is 9.02. The molecule has 0 unspecified atom stereocenters. The Morgan fingerprint density at radius 1 is 1.00 bits per heavy atom. The van der Waals surface area contributed by atoms with Crippen molar-refractivity contribution >= 4 is 11.6 Å². The largest absolute Gasteiger partial charge is 0.383 e. The van der Waals surface area contributed by atoms with Crippen LogP contribution in [0.25, 0.3) is 11.3 Å². The first-order valence-corrected chi connectivity index (χ1v) is 4.99. The van der Waals surface area contributed by atoms with Crippen molar-refractivity contribution in [2.75, 3.05) is 11.5 Å². The highest BCUT2D eigenvalue weighted by molar-refractivity contribution is 5.82. The van der Waals surface area contributed by atoms with Crippen molar-refractivity contribution in [1.82, 2.24) is 9.97 Å². The van der Waals surface area contributed by atoms with Crippen LogP contribution in [-0.4, -0.2) is 9.97 Å². The number of nitrogen functional groups attached to an aromatic ring is 2. The molecule has 0 saturated heterocycles. The van der Waals surface area contributed by atoms with E-state index in [-0.39, 0.29) is 22.8 Å². The minimum absolute atomic E-state index is 0.00495. The van der Waals surface area contributed by atoms with E-state index in [1.165, 1.54) is 0 Å². The van der Waals surface area contributed by atoms with E-state index in [1.807, 2.05) is 12.1 Å². The van der Waals surface area contributed by atoms with Gasteiger partial charge in [-0.15, -0.1) is 0 Å². The topological polar surface area (TPSA) is 125 Å². The normalized spacial score (nSPS) is 9.44. The maximum Gasteiger partial charge on any atom is 0.144 e. The fourth-order valence-electron chi connectivity index (χ4n) is 1.62. The van der Waals surface area contributed by atoms with Crippen LogP contribution in [0.1, 0.15) is 11.1 Å². The number of nitriles is 2. The number of rotatable bonds is 1. The molecule has 0 radical (unpaired) electrons. The summed E-state index contributed by atoms with van der Waals surface area (Å²) < 4.78 is 0. The van der Waals surface area contributed by atoms with Gasteiger partial charge in [-0.25, -0.2) is 4.98 Å². The number of pyridine rings is 2. The van der Waals surface area contributed by atoms with E-state index >= 15 is 0 Å². The summed E-state index contributed by atoms with van der Waals surface area (Å²) in [5.74, 6) is -0.00990. The molecule has 2 rings (SSSR count). The molecule has 0 aliphatic rings. The third-order valence-corrected chi connectivity index (χ3v) is 2.40. The van der Waals surface area contributed by atoms with E-state index in [0.29, 0.717) is 11.3 Å². The first-order valence-electron chi connectivity index (χ1n) is 4.99. The van der Waals surface area contributed by atoms with Crippen LogP contribution in [0.15, 0.2) is 24.4 Å². The van der Waals surface area contributed by atoms with E-state index in [1.54, 1.807) is 24.4 Å². The summed E-state index contributed by atoms with van der Waals surface area (Å²) in [6.07, 6.45) is 1.56. The Balaban J connectivity index is 2.89. The standard InChI is InChI=1S/C12H8N6/c13-5-7-10(9-3-1-2-4-17-9)8(6-14)12(16)18-11(7)15/h1-4H,(H4,15,16,18). The second-order valence-electron chi connectivity index (χ2n) is 3.45. The summed E-state index contributed by atoms with van der Waals surface area (Å²) in [5, 5.41) is 18.2. The zero-order valence-corrected chi connectivity index (χ0v) is 9.25. The van der Waals surface area contributed by atoms with Crippen LogP contribution in [-0.2, 0) is 0 Å². The molecule has 0 amide bonds. The van der Waals surface area contributed by atoms with Crippen LogP contribution in [0.3, 0.4) is 0 Å². The van der Waals surface area contributed by atoms with Gasteiger partial charge in [-0.05, 0) is 12.1 Å². The Kier molecular flexibility index (Phi) is 2.78. The smallest absolute Gasteiger partial charge is 0.144 e. The Bertz CT molecular complexity index is 640. The summed E-state index contributed by atoms with van der Waals surface area (Å²) in [7, 11) is 0. The predicted molar refractivity (Wildman–Crippen MR) is 65.7 cm³/mol. The van der Waals surface area contributed by atoms with Crippen LogP contribution in [0.5, 0.6) is 0 Å². The van der Waals surface area contributed by atoms with Crippen molar-refractivity contribution in [3.8, 4) is 23.4 Å². The fourth-order valence-corrected chi connectivity index (χ4v) is 1.62. The van der Waals surface area contributed by atoms with E-state index in [2.05, 4.69) is 9.97 Å². The molecule has 6 nitrogen and oxygen atoms in total. The fraction of sp³-hybridized carbons (Fsp3) is 0. The second kappa shape index (κ2) is 4.40. The average molecular weight is 236 g/mol. The lowest BCUT2D eigenvalue weighted by molar-refractivity contribution is 1.26. The summed E-state index contributed by atoms with van der Waals surface area (Å²) in [5.41, 5.74) is 12.3. The molecule has 2 aromatic rings. The molecule has 18 heavy (non-hydrogen) atoms. The van der Waals surface area contributed by atoms with Gasteiger partial charge in [0.05, 0.1) is 5.69 Å². The number of nitrogens with zero attached hydrogens (tertiary/aromatic N) is 4. The van der Waals surface area contributed by atoms with E-state index < -0.39 is 0 Å². The van der Waals surface area contributed by atoms with Crippen LogP contribution in [0.4, 0.5) is 11.6 Å². The molecule has 0 atom stereocenters. The quantitative estimate of drug-likeness (QED) is 0.762. The zero-order chi connectivity index (χ0) is 13.1. The summed E-state index contributed by atoms with van der Waals surface area (Å²) in [6.45, 7) is 0. The lowest BCUT2D eigenvalue weighted by Gasteiger charge is -2.09. The number of anilines is 2. The highest BCUT2D eigenvalue weighted by Crippen LogP contribution is 2.31. The molecule has 0 spiro atoms. The van der Waals surface area contributed by atoms with Crippen molar-refractivity contribution < 1.29 is 0 Å². The van der Waals surface area contributed by atoms with Gasteiger partial charge in [-0.3, -0.25) is 4.98 Å². The molecule has 0 bridgehead atoms. The van der Waals surface area contributed by atoms with Gasteiger partial charge >= 0.3 is 0 Å². The molecule has 6 heteroatoms. The van der Waals surface area contributed by atoms with Crippen LogP contribution < -0.4 is 11.5 Å². The van der Waals surface area contributed by atoms with Gasteiger partial charge in [0.25, 0.3) is 0 Å². The number of hydrogen-bond donors (Lipinski definition) is 2. The van der Waals surface area contributed by atoms with Crippen LogP contribution in [0, 0.1) is 22.7 Å². The highest BCUT2D eigenvalue weighted by atomic mass is 14.9. The zero-order valence-electron chi connectivity index (χ0n) is 9.25. The monoisotopic (exact) mass is 236 g/mol. The molecular formula is C12H8N6. The highest BCUT2D eigenvalue weighted by Gasteiger charge is 2.19. The van der Waals surface area contributed by atoms with Crippen LogP contribution in [0.2, 0.25) is 0 Å². The maximum absolute atomic E-state index is 9.12. The average Bonchev–Trinajstić information content (AvgIpc) is 2.39. The third-order valence-electron chi connectivity index (χ3n) is 2.40. The van der Waals surface area contributed by atoms with Crippen LogP contribution >= 0.6 is 0 Å². The van der Waals surface area contributed by atoms with E-state index in [4.69, 9.17) is 22.0 Å². The molecule has 2 heterocycles. The molecular weight excluding hydrogens is 228 g/mol. The number of nitrogens with two attached hydrogens (primary N) is 2. The van der Waals surface area contributed by atoms with Crippen molar-refractivity contribution in [1.29, 1.82) is 10.5 Å². The molecule has 0 fully saturated rings. The molecule has 4 N–H and O–H groups in total. The van der Waals surface area contributed by atoms with Gasteiger partial charge in [-0.2, -0.15) is 10.5 Å². The molecule has 0 aliphatic heterocycles. The van der Waals surface area contributed by atoms with Gasteiger partial charge in [0.1, 0.15) is 34.9 Å². The lowest BCUT2D eigenvalue weighted by Crippen LogP contribution is -2.06. The summed E-state index contributed by atoms with van der Waals surface area (Å²) >= 11 is 0. The first-order chi connectivity index (χ1) is 8.69. The summed E-state index contributed by atoms with van der Waals surface area (Å²) in [4.78, 5) is 7.89. The SMILES string of the molecule is N#Cc1c(N)nc(N)c(C#N)c1-c1ccccn1. The molecule has 0 aliphatic carbocycles. The van der Waals surface area contributed by atoms with Crippen molar-refractivity contribution in [2.24, 2.45) is 0 Å². The third kappa shape index (κ3) is 1.68. The lowest BCUT2D eigenvalue weighted by atomic mass is 10.00. The molecule has 0 saturated carbocycles. The maximum atomic E-state index is 9.12. The second-order valence-corrected chi connectivity index (χ2v) is 3.45. The molecule has 0 aromatic carbocycles. The Morgan fingerprint density at radius 2 is 1.61 bits per heavy atom. The number of aromatic nitrogens is 2. The van der Waals surface area contributed by atoms with Gasteiger partial charge in [0.15, 0.2) is 0 Å². The van der Waals surface area contributed by atoms with Crippen molar-refractivity contribution in [2.45, 2.75) is 0 Å². The minimum Gasteiger partial charge on any atom is -0.383 e. The Hall–Kier alpha value is -3.12. The number of hydrogen-bond acceptors (Lipinski definition) is 6.